The lowest BCUT2D eigenvalue weighted by atomic mass is 9.87. The number of carbonyl (C=O) groups is 1. The van der Waals surface area contributed by atoms with E-state index in [0.717, 1.165) is 50.0 Å². The van der Waals surface area contributed by atoms with Gasteiger partial charge in [-0.2, -0.15) is 0 Å². The maximum absolute atomic E-state index is 13.1. The Hall–Kier alpha value is -2.01. The van der Waals surface area contributed by atoms with Crippen LogP contribution in [0, 0.1) is 5.92 Å². The molecule has 0 spiro atoms. The van der Waals surface area contributed by atoms with Crippen LogP contribution in [0.1, 0.15) is 79.2 Å². The number of rotatable bonds is 9. The summed E-state index contributed by atoms with van der Waals surface area (Å²) >= 11 is 5.89. The zero-order valence-electron chi connectivity index (χ0n) is 20.4. The van der Waals surface area contributed by atoms with Crippen molar-refractivity contribution in [1.29, 1.82) is 0 Å². The zero-order valence-corrected chi connectivity index (χ0v) is 21.9. The van der Waals surface area contributed by atoms with Crippen molar-refractivity contribution in [3.8, 4) is 0 Å². The summed E-state index contributed by atoms with van der Waals surface area (Å²) in [4.78, 5) is 16.8. The second kappa shape index (κ2) is 11.2. The highest BCUT2D eigenvalue weighted by atomic mass is 35.5. The minimum Gasteiger partial charge on any atom is -0.360 e. The fourth-order valence-corrected chi connectivity index (χ4v) is 7.21. The van der Waals surface area contributed by atoms with Crippen LogP contribution in [0.15, 0.2) is 28.9 Å². The molecule has 0 unspecified atom stereocenters. The molecule has 196 valence electrons. The third-order valence-corrected chi connectivity index (χ3v) is 9.84. The van der Waals surface area contributed by atoms with E-state index in [1.54, 1.807) is 16.6 Å². The molecule has 2 aromatic heterocycles. The number of halogens is 1. The predicted molar refractivity (Wildman–Crippen MR) is 136 cm³/mol. The number of nitrogens with one attached hydrogen (secondary N) is 2. The van der Waals surface area contributed by atoms with Crippen molar-refractivity contribution in [3.05, 3.63) is 46.6 Å². The molecular weight excluding hydrogens is 502 g/mol. The maximum atomic E-state index is 13.1. The summed E-state index contributed by atoms with van der Waals surface area (Å²) in [6.45, 7) is 1.56. The normalized spacial score (nSPS) is 24.0. The number of hydrogen-bond acceptors (Lipinski definition) is 7. The number of pyridine rings is 1. The minimum atomic E-state index is -3.31. The van der Waals surface area contributed by atoms with Crippen LogP contribution in [0.2, 0.25) is 5.02 Å². The molecule has 9 nitrogen and oxygen atoms in total. The van der Waals surface area contributed by atoms with E-state index < -0.39 is 10.0 Å². The Bertz CT molecular complexity index is 1140. The molecule has 0 bridgehead atoms. The summed E-state index contributed by atoms with van der Waals surface area (Å²) in [5.41, 5.74) is 1.26. The van der Waals surface area contributed by atoms with Crippen molar-refractivity contribution >= 4 is 27.5 Å². The van der Waals surface area contributed by atoms with Gasteiger partial charge in [0.2, 0.25) is 10.0 Å². The molecule has 1 saturated heterocycles. The van der Waals surface area contributed by atoms with Gasteiger partial charge in [0.1, 0.15) is 5.76 Å². The molecule has 11 heteroatoms. The zero-order chi connectivity index (χ0) is 25.1. The van der Waals surface area contributed by atoms with Crippen LogP contribution in [0.25, 0.3) is 0 Å². The van der Waals surface area contributed by atoms with E-state index in [1.165, 1.54) is 0 Å². The molecule has 0 radical (unpaired) electrons. The number of amides is 1. The Balaban J connectivity index is 1.02. The van der Waals surface area contributed by atoms with Gasteiger partial charge in [0.15, 0.2) is 5.69 Å². The number of aromatic nitrogens is 2. The fraction of sp³-hybridized carbons (Fsp3) is 0.640. The first-order chi connectivity index (χ1) is 17.4. The Kier molecular flexibility index (Phi) is 7.95. The van der Waals surface area contributed by atoms with Crippen LogP contribution >= 0.6 is 11.6 Å². The second-order valence-corrected chi connectivity index (χ2v) is 12.8. The molecule has 36 heavy (non-hydrogen) atoms. The van der Waals surface area contributed by atoms with Crippen LogP contribution in [0.5, 0.6) is 0 Å². The summed E-state index contributed by atoms with van der Waals surface area (Å²) in [7, 11) is -3.31. The van der Waals surface area contributed by atoms with Gasteiger partial charge in [0.05, 0.1) is 16.5 Å². The van der Waals surface area contributed by atoms with Gasteiger partial charge < -0.3 is 15.2 Å². The Morgan fingerprint density at radius 1 is 1.06 bits per heavy atom. The lowest BCUT2D eigenvalue weighted by Gasteiger charge is -2.34. The number of nitrogens with zero attached hydrogens (tertiary/aromatic N) is 3. The fourth-order valence-electron chi connectivity index (χ4n) is 5.19. The minimum absolute atomic E-state index is 0.0540. The lowest BCUT2D eigenvalue weighted by molar-refractivity contribution is 0.0914. The number of carbonyl (C=O) groups excluding carboxylic acids is 1. The first-order valence-corrected chi connectivity index (χ1v) is 14.9. The van der Waals surface area contributed by atoms with Gasteiger partial charge >= 0.3 is 0 Å². The number of hydrogen-bond donors (Lipinski definition) is 2. The summed E-state index contributed by atoms with van der Waals surface area (Å²) in [5, 5.41) is 11.0. The van der Waals surface area contributed by atoms with E-state index >= 15 is 0 Å². The molecule has 0 aromatic carbocycles. The highest BCUT2D eigenvalue weighted by Gasteiger charge is 2.33. The summed E-state index contributed by atoms with van der Waals surface area (Å²) in [6, 6.07) is 5.81. The van der Waals surface area contributed by atoms with Crippen LogP contribution in [-0.2, 0) is 16.6 Å². The molecule has 3 fully saturated rings. The quantitative estimate of drug-likeness (QED) is 0.504. The third kappa shape index (κ3) is 6.65. The molecule has 2 aromatic rings. The third-order valence-electron chi connectivity index (χ3n) is 7.58. The van der Waals surface area contributed by atoms with E-state index in [4.69, 9.17) is 16.1 Å². The smallest absolute Gasteiger partial charge is 0.273 e. The van der Waals surface area contributed by atoms with Gasteiger partial charge in [-0.05, 0) is 69.4 Å². The standard InChI is InChI=1S/C25H34ClN5O4S/c26-19-5-8-22(27-14-19)15-28-20-6-1-17(2-7-20)16-36(33,34)31-11-9-21(10-12-31)29-25(32)23-13-24(35-30-23)18-3-4-18/h5,8,13-14,17-18,20-21,28H,1-4,6-7,9-12,15-16H2,(H,29,32). The monoisotopic (exact) mass is 535 g/mol. The molecule has 2 aliphatic carbocycles. The van der Waals surface area contributed by atoms with Crippen LogP contribution in [0.3, 0.4) is 0 Å². The Morgan fingerprint density at radius 2 is 1.81 bits per heavy atom. The summed E-state index contributed by atoms with van der Waals surface area (Å²) in [6.07, 6.45) is 8.77. The van der Waals surface area contributed by atoms with Crippen molar-refractivity contribution in [1.82, 2.24) is 25.1 Å². The van der Waals surface area contributed by atoms with Gasteiger partial charge in [-0.3, -0.25) is 9.78 Å². The first-order valence-electron chi connectivity index (χ1n) is 12.9. The topological polar surface area (TPSA) is 117 Å². The van der Waals surface area contributed by atoms with Crippen molar-refractivity contribution in [3.63, 3.8) is 0 Å². The van der Waals surface area contributed by atoms with E-state index in [-0.39, 0.29) is 23.6 Å². The molecule has 2 N–H and O–H groups in total. The van der Waals surface area contributed by atoms with Gasteiger partial charge in [-0.15, -0.1) is 0 Å². The molecule has 1 aliphatic heterocycles. The molecule has 0 atom stereocenters. The molecule has 2 saturated carbocycles. The van der Waals surface area contributed by atoms with Crippen molar-refractivity contribution in [2.45, 2.75) is 75.9 Å². The first kappa shape index (κ1) is 25.6. The molecular formula is C25H34ClN5O4S. The van der Waals surface area contributed by atoms with E-state index in [1.807, 2.05) is 12.1 Å². The van der Waals surface area contributed by atoms with E-state index in [0.29, 0.717) is 55.2 Å². The van der Waals surface area contributed by atoms with E-state index in [9.17, 15) is 13.2 Å². The maximum Gasteiger partial charge on any atom is 0.273 e. The van der Waals surface area contributed by atoms with Crippen LogP contribution in [-0.4, -0.2) is 59.7 Å². The van der Waals surface area contributed by atoms with Crippen molar-refractivity contribution < 1.29 is 17.7 Å². The van der Waals surface area contributed by atoms with Gasteiger partial charge in [-0.1, -0.05) is 16.8 Å². The number of piperidine rings is 1. The highest BCUT2D eigenvalue weighted by Crippen LogP contribution is 2.40. The van der Waals surface area contributed by atoms with Crippen molar-refractivity contribution in [2.75, 3.05) is 18.8 Å². The summed E-state index contributed by atoms with van der Waals surface area (Å²) in [5.74, 6) is 1.34. The molecule has 3 heterocycles. The average molecular weight is 536 g/mol. The summed E-state index contributed by atoms with van der Waals surface area (Å²) < 4.78 is 33.0. The molecule has 1 amide bonds. The average Bonchev–Trinajstić information content (AvgIpc) is 3.60. The van der Waals surface area contributed by atoms with Crippen molar-refractivity contribution in [2.24, 2.45) is 5.92 Å². The molecule has 3 aliphatic rings. The second-order valence-electron chi connectivity index (χ2n) is 10.4. The van der Waals surface area contributed by atoms with Crippen LogP contribution in [0.4, 0.5) is 0 Å². The number of sulfonamides is 1. The SMILES string of the molecule is O=C(NC1CCN(S(=O)(=O)CC2CCC(NCc3ccc(Cl)cn3)CC2)CC1)c1cc(C2CC2)on1. The Morgan fingerprint density at radius 3 is 2.47 bits per heavy atom. The highest BCUT2D eigenvalue weighted by molar-refractivity contribution is 7.89. The van der Waals surface area contributed by atoms with Gasteiger partial charge in [0.25, 0.3) is 5.91 Å². The largest absolute Gasteiger partial charge is 0.360 e. The predicted octanol–water partition coefficient (Wildman–Crippen LogP) is 3.47. The van der Waals surface area contributed by atoms with Gasteiger partial charge in [0, 0.05) is 49.9 Å². The molecule has 5 rings (SSSR count). The van der Waals surface area contributed by atoms with Gasteiger partial charge in [-0.25, -0.2) is 12.7 Å². The van der Waals surface area contributed by atoms with E-state index in [2.05, 4.69) is 20.8 Å². The Labute approximate surface area is 217 Å². The van der Waals surface area contributed by atoms with Crippen LogP contribution < -0.4 is 10.6 Å². The lowest BCUT2D eigenvalue weighted by Crippen LogP contribution is -2.47.